The molecule has 0 fully saturated rings. The zero-order valence-electron chi connectivity index (χ0n) is 7.84. The Labute approximate surface area is 71.6 Å². The molecule has 0 spiro atoms. The second-order valence-corrected chi connectivity index (χ2v) is 1.90. The molecule has 0 saturated heterocycles. The first-order valence-electron chi connectivity index (χ1n) is 3.84. The minimum absolute atomic E-state index is 0.387. The molecular weight excluding hydrogens is 156 g/mol. The Hall–Kier alpha value is -1.32. The van der Waals surface area contributed by atoms with Crippen LogP contribution in [0, 0.1) is 6.92 Å². The van der Waals surface area contributed by atoms with Crippen molar-refractivity contribution in [2.24, 2.45) is 0 Å². The molecule has 1 heterocycles. The summed E-state index contributed by atoms with van der Waals surface area (Å²) in [4.78, 5) is 16.5. The fourth-order valence-corrected chi connectivity index (χ4v) is 0.654. The lowest BCUT2D eigenvalue weighted by Crippen LogP contribution is -2.11. The van der Waals surface area contributed by atoms with E-state index in [0.29, 0.717) is 5.88 Å². The van der Waals surface area contributed by atoms with Gasteiger partial charge < -0.3 is 4.74 Å². The number of aromatic amines is 1. The van der Waals surface area contributed by atoms with Crippen LogP contribution in [0.25, 0.3) is 0 Å². The first-order valence-corrected chi connectivity index (χ1v) is 3.84. The highest BCUT2D eigenvalue weighted by Crippen LogP contribution is 2.06. The lowest BCUT2D eigenvalue weighted by Gasteiger charge is -1.99. The molecule has 0 radical (unpaired) electrons. The molecule has 0 atom stereocenters. The minimum Gasteiger partial charge on any atom is -0.482 e. The maximum absolute atomic E-state index is 10.6. The second-order valence-electron chi connectivity index (χ2n) is 1.90. The van der Waals surface area contributed by atoms with Gasteiger partial charge in [-0.15, -0.1) is 0 Å². The maximum Gasteiger partial charge on any atom is 0.347 e. The smallest absolute Gasteiger partial charge is 0.347 e. The van der Waals surface area contributed by atoms with Crippen LogP contribution in [-0.2, 0) is 0 Å². The molecule has 0 saturated carbocycles. The molecule has 1 rings (SSSR count). The molecule has 12 heavy (non-hydrogen) atoms. The Morgan fingerprint density at radius 2 is 2.08 bits per heavy atom. The number of hydrogen-bond acceptors (Lipinski definition) is 3. The molecule has 0 aliphatic carbocycles. The van der Waals surface area contributed by atoms with Gasteiger partial charge in [-0.1, -0.05) is 13.8 Å². The van der Waals surface area contributed by atoms with Gasteiger partial charge in [0.05, 0.1) is 7.11 Å². The Morgan fingerprint density at radius 3 is 2.50 bits per heavy atom. The number of aromatic nitrogens is 2. The standard InChI is InChI=1S/C6H8N2O2.C2H6/c1-4-3-7-6(9)8-5(4)10-2;1-2/h3H,1-2H3,(H,7,8,9);1-2H3. The number of rotatable bonds is 1. The van der Waals surface area contributed by atoms with Crippen molar-refractivity contribution in [3.8, 4) is 5.88 Å². The predicted octanol–water partition coefficient (Wildman–Crippen LogP) is 1.11. The number of hydrogen-bond donors (Lipinski definition) is 1. The molecule has 4 heteroatoms. The molecule has 4 nitrogen and oxygen atoms in total. The summed E-state index contributed by atoms with van der Waals surface area (Å²) < 4.78 is 4.83. The molecular formula is C8H14N2O2. The molecule has 1 aromatic heterocycles. The van der Waals surface area contributed by atoms with Gasteiger partial charge in [0.15, 0.2) is 5.88 Å². The second kappa shape index (κ2) is 5.35. The molecule has 0 bridgehead atoms. The van der Waals surface area contributed by atoms with Gasteiger partial charge in [0.2, 0.25) is 0 Å². The number of nitrogens with one attached hydrogen (secondary N) is 1. The van der Waals surface area contributed by atoms with E-state index >= 15 is 0 Å². The highest BCUT2D eigenvalue weighted by Gasteiger charge is 1.96. The van der Waals surface area contributed by atoms with E-state index in [1.165, 1.54) is 13.3 Å². The number of methoxy groups -OCH3 is 1. The fraction of sp³-hybridized carbons (Fsp3) is 0.500. The molecule has 68 valence electrons. The van der Waals surface area contributed by atoms with E-state index in [1.807, 2.05) is 20.8 Å². The molecule has 1 aromatic rings. The third kappa shape index (κ3) is 2.74. The van der Waals surface area contributed by atoms with Crippen LogP contribution in [-0.4, -0.2) is 17.1 Å². The van der Waals surface area contributed by atoms with Crippen LogP contribution < -0.4 is 10.4 Å². The summed E-state index contributed by atoms with van der Waals surface area (Å²) in [6, 6.07) is 0. The third-order valence-corrected chi connectivity index (χ3v) is 1.16. The molecule has 0 unspecified atom stereocenters. The van der Waals surface area contributed by atoms with E-state index in [0.717, 1.165) is 5.56 Å². The van der Waals surface area contributed by atoms with Crippen LogP contribution in [0.4, 0.5) is 0 Å². The van der Waals surface area contributed by atoms with Crippen molar-refractivity contribution in [3.05, 3.63) is 22.2 Å². The average Bonchev–Trinajstić information content (AvgIpc) is 2.13. The Kier molecular flexibility index (Phi) is 4.76. The van der Waals surface area contributed by atoms with E-state index in [4.69, 9.17) is 4.74 Å². The molecule has 0 aliphatic heterocycles. The highest BCUT2D eigenvalue weighted by molar-refractivity contribution is 5.19. The van der Waals surface area contributed by atoms with Crippen molar-refractivity contribution < 1.29 is 4.74 Å². The van der Waals surface area contributed by atoms with Crippen LogP contribution in [0.15, 0.2) is 11.0 Å². The van der Waals surface area contributed by atoms with Crippen molar-refractivity contribution >= 4 is 0 Å². The van der Waals surface area contributed by atoms with Gasteiger partial charge >= 0.3 is 5.69 Å². The van der Waals surface area contributed by atoms with Gasteiger partial charge in [-0.3, -0.25) is 4.98 Å². The topological polar surface area (TPSA) is 55.0 Å². The monoisotopic (exact) mass is 170 g/mol. The Morgan fingerprint density at radius 1 is 1.50 bits per heavy atom. The molecule has 0 aromatic carbocycles. The van der Waals surface area contributed by atoms with Gasteiger partial charge in [-0.05, 0) is 6.92 Å². The summed E-state index contributed by atoms with van der Waals surface area (Å²) in [5, 5.41) is 0. The lowest BCUT2D eigenvalue weighted by atomic mass is 10.4. The Balaban J connectivity index is 0.000000561. The summed E-state index contributed by atoms with van der Waals surface area (Å²) in [5.41, 5.74) is 0.435. The normalized spacial score (nSPS) is 8.33. The number of nitrogens with zero attached hydrogens (tertiary/aromatic N) is 1. The van der Waals surface area contributed by atoms with E-state index in [-0.39, 0.29) is 5.69 Å². The van der Waals surface area contributed by atoms with Crippen molar-refractivity contribution in [2.45, 2.75) is 20.8 Å². The zero-order chi connectivity index (χ0) is 9.56. The van der Waals surface area contributed by atoms with Crippen molar-refractivity contribution in [1.29, 1.82) is 0 Å². The van der Waals surface area contributed by atoms with E-state index in [9.17, 15) is 4.79 Å². The van der Waals surface area contributed by atoms with Crippen LogP contribution in [0.3, 0.4) is 0 Å². The quantitative estimate of drug-likeness (QED) is 0.687. The fourth-order valence-electron chi connectivity index (χ4n) is 0.654. The van der Waals surface area contributed by atoms with Crippen LogP contribution in [0.1, 0.15) is 19.4 Å². The minimum atomic E-state index is -0.387. The van der Waals surface area contributed by atoms with E-state index in [1.54, 1.807) is 0 Å². The zero-order valence-corrected chi connectivity index (χ0v) is 7.84. The van der Waals surface area contributed by atoms with E-state index in [2.05, 4.69) is 9.97 Å². The largest absolute Gasteiger partial charge is 0.482 e. The molecule has 0 aliphatic rings. The van der Waals surface area contributed by atoms with Gasteiger partial charge in [0.25, 0.3) is 0 Å². The van der Waals surface area contributed by atoms with Crippen molar-refractivity contribution in [2.75, 3.05) is 7.11 Å². The SMILES string of the molecule is CC.COc1[nH]c(=O)ncc1C. The number of ether oxygens (including phenoxy) is 1. The number of aryl methyl sites for hydroxylation is 1. The summed E-state index contributed by atoms with van der Waals surface area (Å²) in [6.45, 7) is 5.81. The summed E-state index contributed by atoms with van der Waals surface area (Å²) in [5.74, 6) is 0.472. The summed E-state index contributed by atoms with van der Waals surface area (Å²) >= 11 is 0. The van der Waals surface area contributed by atoms with Crippen LogP contribution in [0.2, 0.25) is 0 Å². The first-order chi connectivity index (χ1) is 5.74. The highest BCUT2D eigenvalue weighted by atomic mass is 16.5. The van der Waals surface area contributed by atoms with Gasteiger partial charge in [0, 0.05) is 11.8 Å². The predicted molar refractivity (Wildman–Crippen MR) is 47.5 cm³/mol. The average molecular weight is 170 g/mol. The number of H-pyrrole nitrogens is 1. The summed E-state index contributed by atoms with van der Waals surface area (Å²) in [7, 11) is 1.50. The van der Waals surface area contributed by atoms with Gasteiger partial charge in [0.1, 0.15) is 0 Å². The molecule has 0 amide bonds. The van der Waals surface area contributed by atoms with Gasteiger partial charge in [-0.25, -0.2) is 9.78 Å². The van der Waals surface area contributed by atoms with E-state index < -0.39 is 0 Å². The summed E-state index contributed by atoms with van der Waals surface area (Å²) in [6.07, 6.45) is 1.47. The third-order valence-electron chi connectivity index (χ3n) is 1.16. The van der Waals surface area contributed by atoms with Crippen molar-refractivity contribution in [3.63, 3.8) is 0 Å². The van der Waals surface area contributed by atoms with Crippen molar-refractivity contribution in [1.82, 2.24) is 9.97 Å². The van der Waals surface area contributed by atoms with Gasteiger partial charge in [-0.2, -0.15) is 0 Å². The lowest BCUT2D eigenvalue weighted by molar-refractivity contribution is 0.391. The van der Waals surface area contributed by atoms with Crippen LogP contribution >= 0.6 is 0 Å². The van der Waals surface area contributed by atoms with Crippen LogP contribution in [0.5, 0.6) is 5.88 Å². The first kappa shape index (κ1) is 10.7. The maximum atomic E-state index is 10.6. The Bertz CT molecular complexity index is 281. The molecule has 1 N–H and O–H groups in total.